The molecular formula is C20H27N5O3S. The molecule has 0 amide bonds. The molecule has 29 heavy (non-hydrogen) atoms. The van der Waals surface area contributed by atoms with E-state index in [2.05, 4.69) is 26.8 Å². The third kappa shape index (κ3) is 3.65. The number of ether oxygens (including phenoxy) is 2. The minimum atomic E-state index is -0.109. The molecule has 9 heteroatoms. The molecule has 1 N–H and O–H groups in total. The number of hydrogen-bond acceptors (Lipinski definition) is 8. The van der Waals surface area contributed by atoms with E-state index in [0.717, 1.165) is 43.2 Å². The lowest BCUT2D eigenvalue weighted by Crippen LogP contribution is -2.47. The second-order valence-corrected chi connectivity index (χ2v) is 8.14. The summed E-state index contributed by atoms with van der Waals surface area (Å²) in [7, 11) is 3.27. The summed E-state index contributed by atoms with van der Waals surface area (Å²) in [6, 6.07) is 5.85. The molecular weight excluding hydrogens is 390 g/mol. The lowest BCUT2D eigenvalue weighted by Gasteiger charge is -2.38. The van der Waals surface area contributed by atoms with Gasteiger partial charge in [0.1, 0.15) is 5.82 Å². The number of benzene rings is 1. The Morgan fingerprint density at radius 3 is 2.48 bits per heavy atom. The van der Waals surface area contributed by atoms with E-state index in [-0.39, 0.29) is 11.9 Å². The van der Waals surface area contributed by atoms with Gasteiger partial charge in [0, 0.05) is 26.2 Å². The van der Waals surface area contributed by atoms with Crippen LogP contribution in [-0.2, 0) is 0 Å². The van der Waals surface area contributed by atoms with Gasteiger partial charge < -0.3 is 19.5 Å². The topological polar surface area (TPSA) is 75.4 Å². The van der Waals surface area contributed by atoms with Crippen molar-refractivity contribution >= 4 is 16.3 Å². The predicted molar refractivity (Wildman–Crippen MR) is 112 cm³/mol. The summed E-state index contributed by atoms with van der Waals surface area (Å²) >= 11 is 1.48. The molecule has 0 unspecified atom stereocenters. The monoisotopic (exact) mass is 417 g/mol. The molecule has 1 aliphatic rings. The van der Waals surface area contributed by atoms with Gasteiger partial charge in [-0.05, 0) is 31.2 Å². The molecule has 3 heterocycles. The van der Waals surface area contributed by atoms with Crippen molar-refractivity contribution in [3.8, 4) is 17.4 Å². The van der Waals surface area contributed by atoms with Crippen molar-refractivity contribution < 1.29 is 14.6 Å². The van der Waals surface area contributed by atoms with E-state index in [0.29, 0.717) is 22.3 Å². The molecule has 0 spiro atoms. The molecule has 8 nitrogen and oxygen atoms in total. The van der Waals surface area contributed by atoms with Gasteiger partial charge in [-0.15, -0.1) is 5.10 Å². The summed E-state index contributed by atoms with van der Waals surface area (Å²) in [6.07, 6.45) is 0. The van der Waals surface area contributed by atoms with Crippen LogP contribution < -0.4 is 9.47 Å². The van der Waals surface area contributed by atoms with Gasteiger partial charge >= 0.3 is 0 Å². The van der Waals surface area contributed by atoms with Crippen LogP contribution in [0.15, 0.2) is 18.2 Å². The van der Waals surface area contributed by atoms with Crippen molar-refractivity contribution in [2.24, 2.45) is 0 Å². The molecule has 1 fully saturated rings. The number of fused-ring (bicyclic) bond motifs is 1. The highest BCUT2D eigenvalue weighted by Gasteiger charge is 2.32. The van der Waals surface area contributed by atoms with Crippen molar-refractivity contribution in [3.63, 3.8) is 0 Å². The quantitative estimate of drug-likeness (QED) is 0.661. The first-order valence-corrected chi connectivity index (χ1v) is 10.6. The van der Waals surface area contributed by atoms with Gasteiger partial charge in [0.2, 0.25) is 10.8 Å². The van der Waals surface area contributed by atoms with Crippen LogP contribution in [0.2, 0.25) is 0 Å². The standard InChI is InChI=1S/C20H27N5O3S/c1-5-23-8-10-24(11-9-23)17(14-6-7-15(27-3)16(12-14)28-4)18-19(26)25-20(29-18)21-13(2)22-25/h6-7,12,17,26H,5,8-11H2,1-4H3/t17-/m0/s1. The van der Waals surface area contributed by atoms with Gasteiger partial charge in [0.15, 0.2) is 11.5 Å². The molecule has 4 rings (SSSR count). The summed E-state index contributed by atoms with van der Waals surface area (Å²) in [4.78, 5) is 10.8. The van der Waals surface area contributed by atoms with Gasteiger partial charge in [-0.25, -0.2) is 4.98 Å². The van der Waals surface area contributed by atoms with Crippen LogP contribution in [0.25, 0.3) is 4.96 Å². The maximum Gasteiger partial charge on any atom is 0.230 e. The lowest BCUT2D eigenvalue weighted by molar-refractivity contribution is 0.113. The fraction of sp³-hybridized carbons (Fsp3) is 0.500. The Hall–Kier alpha value is -2.36. The number of rotatable bonds is 6. The minimum Gasteiger partial charge on any atom is -0.493 e. The third-order valence-corrected chi connectivity index (χ3v) is 6.57. The third-order valence-electron chi connectivity index (χ3n) is 5.50. The van der Waals surface area contributed by atoms with Gasteiger partial charge in [-0.1, -0.05) is 24.3 Å². The zero-order valence-corrected chi connectivity index (χ0v) is 18.1. The van der Waals surface area contributed by atoms with Crippen LogP contribution in [0, 0.1) is 6.92 Å². The highest BCUT2D eigenvalue weighted by atomic mass is 32.1. The Morgan fingerprint density at radius 1 is 1.14 bits per heavy atom. The molecule has 1 atom stereocenters. The summed E-state index contributed by atoms with van der Waals surface area (Å²) in [5.41, 5.74) is 1.05. The first-order chi connectivity index (χ1) is 14.0. The number of likely N-dealkylation sites (N-methyl/N-ethyl adjacent to an activating group) is 1. The highest BCUT2D eigenvalue weighted by molar-refractivity contribution is 7.17. The number of thiazole rings is 1. The normalized spacial score (nSPS) is 17.0. The number of aromatic nitrogens is 3. The summed E-state index contributed by atoms with van der Waals surface area (Å²) in [5.74, 6) is 2.17. The molecule has 0 radical (unpaired) electrons. The zero-order chi connectivity index (χ0) is 20.5. The van der Waals surface area contributed by atoms with E-state index in [4.69, 9.17) is 9.47 Å². The van der Waals surface area contributed by atoms with Crippen LogP contribution in [0.5, 0.6) is 17.4 Å². The molecule has 1 saturated heterocycles. The van der Waals surface area contributed by atoms with Crippen LogP contribution in [0.4, 0.5) is 0 Å². The van der Waals surface area contributed by atoms with Gasteiger partial charge in [-0.2, -0.15) is 4.52 Å². The average molecular weight is 418 g/mol. The van der Waals surface area contributed by atoms with Gasteiger partial charge in [-0.3, -0.25) is 4.90 Å². The van der Waals surface area contributed by atoms with Gasteiger partial charge in [0.05, 0.1) is 25.1 Å². The maximum absolute atomic E-state index is 11.0. The van der Waals surface area contributed by atoms with Crippen LogP contribution >= 0.6 is 11.3 Å². The van der Waals surface area contributed by atoms with Crippen LogP contribution in [0.1, 0.15) is 29.2 Å². The molecule has 3 aromatic rings. The highest BCUT2D eigenvalue weighted by Crippen LogP contribution is 2.42. The van der Waals surface area contributed by atoms with Crippen molar-refractivity contribution in [1.82, 2.24) is 24.4 Å². The van der Waals surface area contributed by atoms with Crippen molar-refractivity contribution in [1.29, 1.82) is 0 Å². The number of hydrogen-bond donors (Lipinski definition) is 1. The molecule has 0 aliphatic carbocycles. The van der Waals surface area contributed by atoms with Crippen molar-refractivity contribution in [2.45, 2.75) is 19.9 Å². The fourth-order valence-corrected chi connectivity index (χ4v) is 5.08. The molecule has 2 aromatic heterocycles. The number of aryl methyl sites for hydroxylation is 1. The molecule has 1 aliphatic heterocycles. The molecule has 156 valence electrons. The number of aromatic hydroxyl groups is 1. The Labute approximate surface area is 174 Å². The predicted octanol–water partition coefficient (Wildman–Crippen LogP) is 2.55. The summed E-state index contributed by atoms with van der Waals surface area (Å²) in [5, 5.41) is 15.3. The second kappa shape index (κ2) is 8.17. The van der Waals surface area contributed by atoms with E-state index >= 15 is 0 Å². The second-order valence-electron chi connectivity index (χ2n) is 7.13. The number of nitrogens with zero attached hydrogens (tertiary/aromatic N) is 5. The van der Waals surface area contributed by atoms with E-state index in [1.165, 1.54) is 15.9 Å². The molecule has 0 saturated carbocycles. The average Bonchev–Trinajstić information content (AvgIpc) is 3.25. The first kappa shape index (κ1) is 19.9. The first-order valence-electron chi connectivity index (χ1n) is 9.79. The van der Waals surface area contributed by atoms with Crippen LogP contribution in [-0.4, -0.2) is 76.4 Å². The SMILES string of the molecule is CCN1CCN([C@@H](c2ccc(OC)c(OC)c2)c2sc3nc(C)nn3c2O)CC1. The number of piperazine rings is 1. The Kier molecular flexibility index (Phi) is 5.62. The zero-order valence-electron chi connectivity index (χ0n) is 17.3. The van der Waals surface area contributed by atoms with Crippen LogP contribution in [0.3, 0.4) is 0 Å². The number of methoxy groups -OCH3 is 2. The van der Waals surface area contributed by atoms with Gasteiger partial charge in [0.25, 0.3) is 0 Å². The van der Waals surface area contributed by atoms with E-state index < -0.39 is 0 Å². The smallest absolute Gasteiger partial charge is 0.230 e. The summed E-state index contributed by atoms with van der Waals surface area (Å²) in [6.45, 7) is 8.90. The van der Waals surface area contributed by atoms with E-state index in [1.54, 1.807) is 14.2 Å². The van der Waals surface area contributed by atoms with Crippen molar-refractivity contribution in [2.75, 3.05) is 46.9 Å². The van der Waals surface area contributed by atoms with E-state index in [9.17, 15) is 5.11 Å². The maximum atomic E-state index is 11.0. The molecule has 0 bridgehead atoms. The Balaban J connectivity index is 1.79. The summed E-state index contributed by atoms with van der Waals surface area (Å²) < 4.78 is 12.5. The van der Waals surface area contributed by atoms with Crippen molar-refractivity contribution in [3.05, 3.63) is 34.5 Å². The lowest BCUT2D eigenvalue weighted by atomic mass is 10.0. The Bertz CT molecular complexity index is 994. The molecule has 1 aromatic carbocycles. The minimum absolute atomic E-state index is 0.109. The largest absolute Gasteiger partial charge is 0.493 e. The Morgan fingerprint density at radius 2 is 1.86 bits per heavy atom. The van der Waals surface area contributed by atoms with E-state index in [1.807, 2.05) is 25.1 Å². The fourth-order valence-electron chi connectivity index (χ4n) is 3.91.